The Hall–Kier alpha value is -3.72. The Balaban J connectivity index is 0.000000509. The van der Waals surface area contributed by atoms with E-state index in [1.165, 1.54) is 11.1 Å². The Bertz CT molecular complexity index is 1020. The number of aliphatic hydroxyl groups is 1. The van der Waals surface area contributed by atoms with Crippen molar-refractivity contribution in [3.05, 3.63) is 102 Å². The predicted molar refractivity (Wildman–Crippen MR) is 129 cm³/mol. The van der Waals surface area contributed by atoms with Crippen LogP contribution in [0.2, 0.25) is 0 Å². The highest BCUT2D eigenvalue weighted by molar-refractivity contribution is 6.27. The van der Waals surface area contributed by atoms with Gasteiger partial charge in [0.05, 0.1) is 24.9 Å². The maximum atomic E-state index is 10.8. The summed E-state index contributed by atoms with van der Waals surface area (Å²) in [4.78, 5) is 18.2. The summed E-state index contributed by atoms with van der Waals surface area (Å²) in [6.07, 6.45) is 0.00383. The van der Waals surface area contributed by atoms with Crippen molar-refractivity contribution >= 4 is 11.9 Å². The first-order valence-electron chi connectivity index (χ1n) is 11.2. The third kappa shape index (κ3) is 7.65. The van der Waals surface area contributed by atoms with E-state index in [0.29, 0.717) is 19.6 Å². The summed E-state index contributed by atoms with van der Waals surface area (Å²) in [6.45, 7) is 1.08. The molecule has 3 atom stereocenters. The fraction of sp³-hybridized carbons (Fsp3) is 0.259. The summed E-state index contributed by atoms with van der Waals surface area (Å²) < 4.78 is 6.28. The molecule has 1 saturated heterocycles. The number of phenols is 1. The molecule has 0 saturated carbocycles. The highest BCUT2D eigenvalue weighted by Crippen LogP contribution is 2.34. The first kappa shape index (κ1) is 25.9. The van der Waals surface area contributed by atoms with Gasteiger partial charge in [-0.15, -0.1) is 0 Å². The van der Waals surface area contributed by atoms with Crippen LogP contribution in [-0.4, -0.2) is 57.2 Å². The van der Waals surface area contributed by atoms with E-state index in [1.807, 2.05) is 48.5 Å². The van der Waals surface area contributed by atoms with Crippen LogP contribution in [0, 0.1) is 0 Å². The van der Waals surface area contributed by atoms with Gasteiger partial charge < -0.3 is 30.5 Å². The van der Waals surface area contributed by atoms with Crippen LogP contribution in [-0.2, 0) is 20.9 Å². The maximum Gasteiger partial charge on any atom is 0.414 e. The number of ether oxygens (including phenoxy) is 1. The molecule has 0 amide bonds. The third-order valence-corrected chi connectivity index (χ3v) is 5.80. The number of benzene rings is 3. The quantitative estimate of drug-likeness (QED) is 0.341. The van der Waals surface area contributed by atoms with Gasteiger partial charge in [-0.05, 0) is 28.8 Å². The van der Waals surface area contributed by atoms with Crippen molar-refractivity contribution in [3.8, 4) is 5.75 Å². The second-order valence-electron chi connectivity index (χ2n) is 8.24. The van der Waals surface area contributed by atoms with Gasteiger partial charge in [0.25, 0.3) is 0 Å². The number of nitrogens with one attached hydrogen (secondary N) is 1. The Morgan fingerprint density at radius 3 is 1.83 bits per heavy atom. The number of hydrogen-bond donors (Lipinski definition) is 5. The average molecular weight is 480 g/mol. The minimum Gasteiger partial charge on any atom is -0.508 e. The number of carboxylic acid groups (broad SMARTS) is 2. The number of aliphatic hydroxyl groups excluding tert-OH is 1. The lowest BCUT2D eigenvalue weighted by molar-refractivity contribution is -0.159. The lowest BCUT2D eigenvalue weighted by Crippen LogP contribution is -2.50. The molecule has 184 valence electrons. The summed E-state index contributed by atoms with van der Waals surface area (Å²) >= 11 is 0. The van der Waals surface area contributed by atoms with Gasteiger partial charge in [0.1, 0.15) is 5.75 Å². The van der Waals surface area contributed by atoms with Crippen LogP contribution in [0.15, 0.2) is 84.9 Å². The zero-order valence-corrected chi connectivity index (χ0v) is 19.0. The topological polar surface area (TPSA) is 136 Å². The summed E-state index contributed by atoms with van der Waals surface area (Å²) in [7, 11) is 0. The van der Waals surface area contributed by atoms with E-state index in [1.54, 1.807) is 12.1 Å². The average Bonchev–Trinajstić information content (AvgIpc) is 2.86. The molecule has 4 rings (SSSR count). The lowest BCUT2D eigenvalue weighted by Gasteiger charge is -2.38. The second kappa shape index (κ2) is 12.7. The molecule has 0 radical (unpaired) electrons. The second-order valence-corrected chi connectivity index (χ2v) is 8.24. The fourth-order valence-electron chi connectivity index (χ4n) is 4.04. The van der Waals surface area contributed by atoms with Crippen LogP contribution in [0.4, 0.5) is 0 Å². The van der Waals surface area contributed by atoms with Crippen molar-refractivity contribution in [2.45, 2.75) is 37.1 Å². The van der Waals surface area contributed by atoms with E-state index >= 15 is 0 Å². The molecule has 1 fully saturated rings. The summed E-state index contributed by atoms with van der Waals surface area (Å²) in [5.41, 5.74) is 3.46. The molecule has 3 aromatic rings. The van der Waals surface area contributed by atoms with Crippen LogP contribution >= 0.6 is 0 Å². The highest BCUT2D eigenvalue weighted by atomic mass is 16.5. The van der Waals surface area contributed by atoms with Crippen molar-refractivity contribution in [1.29, 1.82) is 0 Å². The van der Waals surface area contributed by atoms with Crippen molar-refractivity contribution in [1.82, 2.24) is 5.32 Å². The van der Waals surface area contributed by atoms with Gasteiger partial charge in [0.2, 0.25) is 0 Å². The molecular formula is C27H29NO7. The molecule has 8 nitrogen and oxygen atoms in total. The number of phenolic OH excluding ortho intramolecular Hbond substituents is 1. The van der Waals surface area contributed by atoms with Gasteiger partial charge in [-0.1, -0.05) is 72.8 Å². The van der Waals surface area contributed by atoms with E-state index in [0.717, 1.165) is 5.56 Å². The molecule has 35 heavy (non-hydrogen) atoms. The molecule has 0 unspecified atom stereocenters. The molecule has 0 aliphatic carbocycles. The molecule has 1 heterocycles. The van der Waals surface area contributed by atoms with Gasteiger partial charge in [0.15, 0.2) is 0 Å². The van der Waals surface area contributed by atoms with E-state index in [4.69, 9.17) is 24.5 Å². The molecule has 3 aromatic carbocycles. The molecule has 1 aliphatic rings. The predicted octanol–water partition coefficient (Wildman–Crippen LogP) is 2.99. The molecule has 1 aliphatic heterocycles. The minimum atomic E-state index is -1.82. The van der Waals surface area contributed by atoms with E-state index in [-0.39, 0.29) is 23.8 Å². The Kier molecular flexibility index (Phi) is 9.37. The van der Waals surface area contributed by atoms with Gasteiger partial charge in [-0.25, -0.2) is 9.59 Å². The Morgan fingerprint density at radius 2 is 1.37 bits per heavy atom. The van der Waals surface area contributed by atoms with E-state index in [2.05, 4.69) is 29.6 Å². The van der Waals surface area contributed by atoms with E-state index in [9.17, 15) is 10.2 Å². The van der Waals surface area contributed by atoms with Crippen molar-refractivity contribution in [2.24, 2.45) is 0 Å². The standard InChI is InChI=1S/C25H27NO3.C2H2O4/c27-21-13-11-18(12-14-21)16-26-22-17-29-24(15-23(22)28)25(19-7-3-1-4-8-19)20-9-5-2-6-10-20;3-1(4)2(5)6/h1-14,22-28H,15-17H2;(H,3,4)(H,5,6)/t22-,23-,24+;/m0./s1. The summed E-state index contributed by atoms with van der Waals surface area (Å²) in [5.74, 6) is -3.31. The first-order chi connectivity index (χ1) is 16.8. The van der Waals surface area contributed by atoms with Crippen LogP contribution in [0.3, 0.4) is 0 Å². The molecule has 0 spiro atoms. The number of carboxylic acids is 2. The molecule has 5 N–H and O–H groups in total. The van der Waals surface area contributed by atoms with E-state index < -0.39 is 18.0 Å². The highest BCUT2D eigenvalue weighted by Gasteiger charge is 2.35. The zero-order chi connectivity index (χ0) is 25.2. The Morgan fingerprint density at radius 1 is 0.857 bits per heavy atom. The molecular weight excluding hydrogens is 450 g/mol. The third-order valence-electron chi connectivity index (χ3n) is 5.80. The van der Waals surface area contributed by atoms with Gasteiger partial charge in [0, 0.05) is 18.9 Å². The lowest BCUT2D eigenvalue weighted by atomic mass is 9.82. The normalized spacial score (nSPS) is 19.4. The fourth-order valence-corrected chi connectivity index (χ4v) is 4.04. The van der Waals surface area contributed by atoms with Gasteiger partial charge >= 0.3 is 11.9 Å². The largest absolute Gasteiger partial charge is 0.508 e. The summed E-state index contributed by atoms with van der Waals surface area (Å²) in [6, 6.07) is 27.7. The minimum absolute atomic E-state index is 0.0819. The van der Waals surface area contributed by atoms with Crippen LogP contribution < -0.4 is 5.32 Å². The zero-order valence-electron chi connectivity index (χ0n) is 19.0. The first-order valence-corrected chi connectivity index (χ1v) is 11.2. The van der Waals surface area contributed by atoms with Gasteiger partial charge in [-0.3, -0.25) is 0 Å². The number of rotatable bonds is 6. The number of carbonyl (C=O) groups is 2. The molecule has 0 bridgehead atoms. The van der Waals surface area contributed by atoms with Crippen molar-refractivity contribution < 1.29 is 34.8 Å². The molecule has 0 aromatic heterocycles. The number of hydrogen-bond acceptors (Lipinski definition) is 6. The summed E-state index contributed by atoms with van der Waals surface area (Å²) in [5, 5.41) is 38.4. The smallest absolute Gasteiger partial charge is 0.414 e. The number of aromatic hydroxyl groups is 1. The molecule has 8 heteroatoms. The van der Waals surface area contributed by atoms with Crippen LogP contribution in [0.25, 0.3) is 0 Å². The van der Waals surface area contributed by atoms with Crippen LogP contribution in [0.5, 0.6) is 5.75 Å². The SMILES string of the molecule is O=C(O)C(=O)O.Oc1ccc(CN[C@H]2CO[C@@H](C(c3ccccc3)c3ccccc3)C[C@@H]2O)cc1. The van der Waals surface area contributed by atoms with Crippen molar-refractivity contribution in [3.63, 3.8) is 0 Å². The maximum absolute atomic E-state index is 10.8. The van der Waals surface area contributed by atoms with Crippen LogP contribution in [0.1, 0.15) is 29.0 Å². The van der Waals surface area contributed by atoms with Gasteiger partial charge in [-0.2, -0.15) is 0 Å². The Labute approximate surface area is 203 Å². The number of aliphatic carboxylic acids is 2. The monoisotopic (exact) mass is 479 g/mol. The van der Waals surface area contributed by atoms with Crippen molar-refractivity contribution in [2.75, 3.05) is 6.61 Å².